The fourth-order valence-corrected chi connectivity index (χ4v) is 5.22. The lowest BCUT2D eigenvalue weighted by molar-refractivity contribution is -0.134. The van der Waals surface area contributed by atoms with E-state index in [1.54, 1.807) is 0 Å². The lowest BCUT2D eigenvalue weighted by atomic mass is 9.86. The van der Waals surface area contributed by atoms with Crippen LogP contribution in [-0.2, 0) is 13.6 Å². The second-order valence-corrected chi connectivity index (χ2v) is 10.4. The van der Waals surface area contributed by atoms with Gasteiger partial charge in [0.05, 0.1) is 18.8 Å². The van der Waals surface area contributed by atoms with Crippen molar-refractivity contribution in [2.24, 2.45) is 0 Å². The van der Waals surface area contributed by atoms with Crippen LogP contribution >= 0.6 is 7.82 Å². The maximum Gasteiger partial charge on any atom is 0.472 e. The van der Waals surface area contributed by atoms with Crippen LogP contribution < -0.4 is 6.15 Å². The first-order chi connectivity index (χ1) is 14.7. The lowest BCUT2D eigenvalue weighted by Gasteiger charge is -2.39. The van der Waals surface area contributed by atoms with E-state index in [1.807, 2.05) is 0 Å². The van der Waals surface area contributed by atoms with Crippen molar-refractivity contribution < 1.29 is 28.7 Å². The van der Waals surface area contributed by atoms with Crippen molar-refractivity contribution in [3.8, 4) is 0 Å². The van der Waals surface area contributed by atoms with Gasteiger partial charge in [-0.15, -0.1) is 0 Å². The summed E-state index contributed by atoms with van der Waals surface area (Å²) in [6.45, 7) is 7.47. The number of phosphoric acid groups is 1. The number of phosphoric ester groups is 1. The van der Waals surface area contributed by atoms with Crippen LogP contribution in [0.25, 0.3) is 0 Å². The molecule has 32 heavy (non-hydrogen) atoms. The normalized spacial score (nSPS) is 17.2. The van der Waals surface area contributed by atoms with E-state index in [-0.39, 0.29) is 12.8 Å². The predicted molar refractivity (Wildman–Crippen MR) is 133 cm³/mol. The molecule has 3 unspecified atom stereocenters. The monoisotopic (exact) mass is 483 g/mol. The number of hydrogen-bond acceptors (Lipinski definition) is 6. The molecule has 8 heteroatoms. The predicted octanol–water partition coefficient (Wildman–Crippen LogP) is 7.06. The van der Waals surface area contributed by atoms with E-state index in [0.29, 0.717) is 19.3 Å². The SMILES string of the molecule is CCCCCCCCCCCCOP(=O)(O)OC(CCCCCCC)(C(C)O)C(C)O.N. The van der Waals surface area contributed by atoms with Gasteiger partial charge in [-0.2, -0.15) is 0 Å². The van der Waals surface area contributed by atoms with Gasteiger partial charge in [0.15, 0.2) is 0 Å². The molecular formula is C24H54NO6P. The third kappa shape index (κ3) is 15.8. The molecule has 0 saturated heterocycles. The minimum Gasteiger partial charge on any atom is -0.390 e. The zero-order valence-corrected chi connectivity index (χ0v) is 22.3. The molecule has 0 saturated carbocycles. The molecule has 0 rings (SSSR count). The van der Waals surface area contributed by atoms with Gasteiger partial charge in [0.1, 0.15) is 5.60 Å². The highest BCUT2D eigenvalue weighted by Crippen LogP contribution is 2.50. The van der Waals surface area contributed by atoms with E-state index >= 15 is 0 Å². The van der Waals surface area contributed by atoms with Crippen molar-refractivity contribution in [3.63, 3.8) is 0 Å². The standard InChI is InChI=1S/C24H51O6P.H3N/c1-5-7-9-11-12-13-14-15-17-19-21-29-31(27,28)30-24(22(3)25,23(4)26)20-18-16-10-8-6-2;/h22-23,25-26H,5-21H2,1-4H3,(H,27,28);1H3. The number of hydrogen-bond donors (Lipinski definition) is 4. The van der Waals surface area contributed by atoms with Gasteiger partial charge < -0.3 is 21.3 Å². The zero-order chi connectivity index (χ0) is 23.6. The van der Waals surface area contributed by atoms with Crippen LogP contribution in [0.4, 0.5) is 0 Å². The number of aliphatic hydroxyl groups is 2. The van der Waals surface area contributed by atoms with Gasteiger partial charge in [-0.3, -0.25) is 9.05 Å². The van der Waals surface area contributed by atoms with Crippen LogP contribution in [0, 0.1) is 0 Å². The van der Waals surface area contributed by atoms with Crippen molar-refractivity contribution >= 4 is 7.82 Å². The summed E-state index contributed by atoms with van der Waals surface area (Å²) in [6.07, 6.45) is 14.7. The third-order valence-electron chi connectivity index (χ3n) is 6.12. The van der Waals surface area contributed by atoms with Gasteiger partial charge in [0.25, 0.3) is 0 Å². The Kier molecular flexibility index (Phi) is 21.7. The summed E-state index contributed by atoms with van der Waals surface area (Å²) < 4.78 is 23.1. The van der Waals surface area contributed by atoms with Gasteiger partial charge in [-0.05, 0) is 26.7 Å². The maximum absolute atomic E-state index is 12.5. The molecule has 0 aliphatic carbocycles. The highest BCUT2D eigenvalue weighted by molar-refractivity contribution is 7.47. The van der Waals surface area contributed by atoms with E-state index in [4.69, 9.17) is 9.05 Å². The first-order valence-electron chi connectivity index (χ1n) is 12.8. The molecule has 0 radical (unpaired) electrons. The molecule has 196 valence electrons. The number of aliphatic hydroxyl groups excluding tert-OH is 2. The summed E-state index contributed by atoms with van der Waals surface area (Å²) in [5.41, 5.74) is -1.51. The smallest absolute Gasteiger partial charge is 0.390 e. The maximum atomic E-state index is 12.5. The fraction of sp³-hybridized carbons (Fsp3) is 1.00. The highest BCUT2D eigenvalue weighted by atomic mass is 31.2. The van der Waals surface area contributed by atoms with Crippen LogP contribution in [0.5, 0.6) is 0 Å². The van der Waals surface area contributed by atoms with Crippen LogP contribution in [0.1, 0.15) is 130 Å². The zero-order valence-electron chi connectivity index (χ0n) is 21.4. The third-order valence-corrected chi connectivity index (χ3v) is 7.20. The molecule has 0 amide bonds. The molecule has 0 aromatic heterocycles. The van der Waals surface area contributed by atoms with E-state index in [9.17, 15) is 19.7 Å². The van der Waals surface area contributed by atoms with Crippen LogP contribution in [-0.4, -0.2) is 39.5 Å². The largest absolute Gasteiger partial charge is 0.472 e. The molecule has 0 fully saturated rings. The van der Waals surface area contributed by atoms with Crippen molar-refractivity contribution in [2.75, 3.05) is 6.61 Å². The fourth-order valence-electron chi connectivity index (χ4n) is 3.98. The van der Waals surface area contributed by atoms with Crippen LogP contribution in [0.2, 0.25) is 0 Å². The van der Waals surface area contributed by atoms with E-state index in [2.05, 4.69) is 13.8 Å². The van der Waals surface area contributed by atoms with Crippen molar-refractivity contribution in [2.45, 2.75) is 148 Å². The van der Waals surface area contributed by atoms with Gasteiger partial charge in [0, 0.05) is 0 Å². The summed E-state index contributed by atoms with van der Waals surface area (Å²) in [4.78, 5) is 10.2. The molecule has 0 heterocycles. The van der Waals surface area contributed by atoms with Crippen molar-refractivity contribution in [1.82, 2.24) is 6.15 Å². The molecule has 0 aromatic rings. The summed E-state index contributed by atoms with van der Waals surface area (Å²) >= 11 is 0. The molecule has 0 aliphatic heterocycles. The van der Waals surface area contributed by atoms with Gasteiger partial charge in [0.2, 0.25) is 0 Å². The molecule has 3 atom stereocenters. The Labute approximate surface area is 197 Å². The Hall–Kier alpha value is -0.0100. The Morgan fingerprint density at radius 1 is 0.719 bits per heavy atom. The molecule has 0 aliphatic rings. The van der Waals surface area contributed by atoms with E-state index < -0.39 is 25.6 Å². The second kappa shape index (κ2) is 20.4. The van der Waals surface area contributed by atoms with E-state index in [0.717, 1.165) is 38.5 Å². The average molecular weight is 484 g/mol. The first kappa shape index (κ1) is 34.2. The Balaban J connectivity index is 0. The highest BCUT2D eigenvalue weighted by Gasteiger charge is 2.46. The van der Waals surface area contributed by atoms with Gasteiger partial charge in [-0.1, -0.05) is 104 Å². The quantitative estimate of drug-likeness (QED) is 0.0956. The molecule has 6 N–H and O–H groups in total. The van der Waals surface area contributed by atoms with Crippen LogP contribution in [0.15, 0.2) is 0 Å². The minimum absolute atomic E-state index is 0. The van der Waals surface area contributed by atoms with Gasteiger partial charge >= 0.3 is 7.82 Å². The molecule has 0 bridgehead atoms. The molecule has 0 aromatic carbocycles. The Morgan fingerprint density at radius 3 is 1.50 bits per heavy atom. The molecular weight excluding hydrogens is 429 g/mol. The average Bonchev–Trinajstić information content (AvgIpc) is 2.70. The minimum atomic E-state index is -4.38. The summed E-state index contributed by atoms with van der Waals surface area (Å²) in [5, 5.41) is 20.6. The molecule has 7 nitrogen and oxygen atoms in total. The topological polar surface area (TPSA) is 131 Å². The van der Waals surface area contributed by atoms with Crippen molar-refractivity contribution in [1.29, 1.82) is 0 Å². The molecule has 0 spiro atoms. The summed E-state index contributed by atoms with van der Waals surface area (Å²) in [7, 11) is -4.38. The van der Waals surface area contributed by atoms with Gasteiger partial charge in [-0.25, -0.2) is 4.57 Å². The summed E-state index contributed by atoms with van der Waals surface area (Å²) in [6, 6.07) is 0. The van der Waals surface area contributed by atoms with E-state index in [1.165, 1.54) is 58.8 Å². The Bertz CT molecular complexity index is 454. The van der Waals surface area contributed by atoms with Crippen LogP contribution in [0.3, 0.4) is 0 Å². The number of rotatable bonds is 22. The lowest BCUT2D eigenvalue weighted by Crippen LogP contribution is -2.51. The number of unbranched alkanes of at least 4 members (excludes halogenated alkanes) is 13. The van der Waals surface area contributed by atoms with Crippen molar-refractivity contribution in [3.05, 3.63) is 0 Å². The summed E-state index contributed by atoms with van der Waals surface area (Å²) in [5.74, 6) is 0. The first-order valence-corrected chi connectivity index (χ1v) is 14.3. The Morgan fingerprint density at radius 2 is 1.09 bits per heavy atom. The second-order valence-electron chi connectivity index (χ2n) is 9.05.